The maximum absolute atomic E-state index is 10.7. The number of carbonyl (C=O) groups is 1. The van der Waals surface area contributed by atoms with Gasteiger partial charge in [-0.15, -0.1) is 0 Å². The van der Waals surface area contributed by atoms with E-state index in [1.165, 1.54) is 0 Å². The summed E-state index contributed by atoms with van der Waals surface area (Å²) in [7, 11) is 0. The van der Waals surface area contributed by atoms with Crippen molar-refractivity contribution in [3.05, 3.63) is 34.9 Å². The topological polar surface area (TPSA) is 89.8 Å². The number of benzene rings is 1. The minimum atomic E-state index is -0.897. The van der Waals surface area contributed by atoms with Crippen LogP contribution < -0.4 is 5.32 Å². The van der Waals surface area contributed by atoms with Crippen LogP contribution in [0.25, 0.3) is 0 Å². The number of hydrogen-bond donors (Lipinski definition) is 4. The molecule has 118 valence electrons. The number of nitrogens with one attached hydrogen (secondary N) is 1. The first-order chi connectivity index (χ1) is 9.81. The summed E-state index contributed by atoms with van der Waals surface area (Å²) in [6.45, 7) is 5.93. The van der Waals surface area contributed by atoms with Gasteiger partial charge in [-0.05, 0) is 43.9 Å². The minimum absolute atomic E-state index is 0.0284. The molecule has 0 aliphatic carbocycles. The number of carboxylic acid groups (broad SMARTS) is 1. The van der Waals surface area contributed by atoms with Crippen LogP contribution in [0.2, 0.25) is 0 Å². The van der Waals surface area contributed by atoms with Crippen molar-refractivity contribution in [3.63, 3.8) is 0 Å². The summed E-state index contributed by atoms with van der Waals surface area (Å²) >= 11 is 0. The lowest BCUT2D eigenvalue weighted by atomic mass is 9.95. The average Bonchev–Trinajstić information content (AvgIpc) is 2.40. The summed E-state index contributed by atoms with van der Waals surface area (Å²) in [5.41, 5.74) is 2.98. The average molecular weight is 295 g/mol. The van der Waals surface area contributed by atoms with E-state index in [0.717, 1.165) is 16.7 Å². The zero-order valence-corrected chi connectivity index (χ0v) is 12.8. The Balaban J connectivity index is 2.83. The quantitative estimate of drug-likeness (QED) is 0.584. The molecule has 0 aromatic heterocycles. The summed E-state index contributed by atoms with van der Waals surface area (Å²) in [5.74, 6) is -0.897. The highest BCUT2D eigenvalue weighted by Crippen LogP contribution is 2.22. The van der Waals surface area contributed by atoms with Crippen LogP contribution in [0.3, 0.4) is 0 Å². The summed E-state index contributed by atoms with van der Waals surface area (Å²) < 4.78 is 0. The maximum atomic E-state index is 10.7. The molecule has 4 N–H and O–H groups in total. The molecule has 0 amide bonds. The molecular weight excluding hydrogens is 270 g/mol. The molecule has 0 saturated carbocycles. The fourth-order valence-corrected chi connectivity index (χ4v) is 2.15. The summed E-state index contributed by atoms with van der Waals surface area (Å²) in [6.07, 6.45) is -1.08. The Morgan fingerprint density at radius 3 is 2.43 bits per heavy atom. The molecule has 3 atom stereocenters. The number of aliphatic hydroxyl groups excluding tert-OH is 2. The highest BCUT2D eigenvalue weighted by atomic mass is 16.4. The molecule has 0 heterocycles. The van der Waals surface area contributed by atoms with Crippen molar-refractivity contribution in [3.8, 4) is 0 Å². The molecule has 0 spiro atoms. The van der Waals surface area contributed by atoms with Gasteiger partial charge in [0, 0.05) is 19.0 Å². The molecule has 0 aliphatic heterocycles. The normalized spacial score (nSPS) is 15.5. The van der Waals surface area contributed by atoms with E-state index in [0.29, 0.717) is 13.0 Å². The molecule has 3 unspecified atom stereocenters. The standard InChI is InChI=1S/C16H25NO4/c1-10-4-5-13(8-11(10)2)16(21)14(6-7-15(19)20)17-9-12(3)18/h4-5,8,12,14,16-18,21H,6-7,9H2,1-3H3,(H,19,20). The molecule has 5 heteroatoms. The molecule has 21 heavy (non-hydrogen) atoms. The highest BCUT2D eigenvalue weighted by Gasteiger charge is 2.22. The highest BCUT2D eigenvalue weighted by molar-refractivity contribution is 5.66. The molecular formula is C16H25NO4. The lowest BCUT2D eigenvalue weighted by Gasteiger charge is -2.25. The lowest BCUT2D eigenvalue weighted by molar-refractivity contribution is -0.137. The first-order valence-corrected chi connectivity index (χ1v) is 7.19. The fraction of sp³-hybridized carbons (Fsp3) is 0.562. The zero-order valence-electron chi connectivity index (χ0n) is 12.8. The van der Waals surface area contributed by atoms with Crippen molar-refractivity contribution in [2.75, 3.05) is 6.54 Å². The third kappa shape index (κ3) is 5.83. The van der Waals surface area contributed by atoms with Crippen LogP contribution in [0, 0.1) is 13.8 Å². The molecule has 0 fully saturated rings. The number of rotatable bonds is 8. The van der Waals surface area contributed by atoms with Gasteiger partial charge in [0.1, 0.15) is 0 Å². The Morgan fingerprint density at radius 1 is 1.24 bits per heavy atom. The maximum Gasteiger partial charge on any atom is 0.303 e. The predicted molar refractivity (Wildman–Crippen MR) is 81.2 cm³/mol. The first-order valence-electron chi connectivity index (χ1n) is 7.19. The van der Waals surface area contributed by atoms with Gasteiger partial charge in [-0.2, -0.15) is 0 Å². The van der Waals surface area contributed by atoms with Crippen molar-refractivity contribution in [2.45, 2.75) is 51.9 Å². The van der Waals surface area contributed by atoms with Crippen molar-refractivity contribution in [1.82, 2.24) is 5.32 Å². The molecule has 0 saturated heterocycles. The molecule has 1 aromatic rings. The van der Waals surface area contributed by atoms with E-state index in [2.05, 4.69) is 5.32 Å². The molecule has 0 bridgehead atoms. The van der Waals surface area contributed by atoms with Gasteiger partial charge in [0.15, 0.2) is 0 Å². The second-order valence-electron chi connectivity index (χ2n) is 5.58. The fourth-order valence-electron chi connectivity index (χ4n) is 2.15. The zero-order chi connectivity index (χ0) is 16.0. The van der Waals surface area contributed by atoms with E-state index in [1.807, 2.05) is 32.0 Å². The van der Waals surface area contributed by atoms with Gasteiger partial charge in [-0.25, -0.2) is 0 Å². The second kappa shape index (κ2) is 8.12. The van der Waals surface area contributed by atoms with Crippen LogP contribution in [0.4, 0.5) is 0 Å². The minimum Gasteiger partial charge on any atom is -0.481 e. The van der Waals surface area contributed by atoms with Crippen molar-refractivity contribution < 1.29 is 20.1 Å². The van der Waals surface area contributed by atoms with Gasteiger partial charge >= 0.3 is 5.97 Å². The van der Waals surface area contributed by atoms with Crippen LogP contribution in [0.5, 0.6) is 0 Å². The number of carboxylic acids is 1. The van der Waals surface area contributed by atoms with Crippen LogP contribution in [-0.4, -0.2) is 40.0 Å². The Bertz CT molecular complexity index is 473. The van der Waals surface area contributed by atoms with E-state index >= 15 is 0 Å². The van der Waals surface area contributed by atoms with E-state index in [4.69, 9.17) is 5.11 Å². The van der Waals surface area contributed by atoms with Crippen LogP contribution in [0.1, 0.15) is 42.6 Å². The smallest absolute Gasteiger partial charge is 0.303 e. The summed E-state index contributed by atoms with van der Waals surface area (Å²) in [4.78, 5) is 10.7. The Morgan fingerprint density at radius 2 is 1.90 bits per heavy atom. The van der Waals surface area contributed by atoms with E-state index in [-0.39, 0.29) is 6.42 Å². The Kier molecular flexibility index (Phi) is 6.81. The Hall–Kier alpha value is -1.43. The number of aliphatic carboxylic acids is 1. The largest absolute Gasteiger partial charge is 0.481 e. The van der Waals surface area contributed by atoms with Crippen molar-refractivity contribution >= 4 is 5.97 Å². The van der Waals surface area contributed by atoms with Crippen LogP contribution >= 0.6 is 0 Å². The summed E-state index contributed by atoms with van der Waals surface area (Å²) in [6, 6.07) is 5.30. The number of hydrogen-bond acceptors (Lipinski definition) is 4. The third-order valence-corrected chi connectivity index (χ3v) is 3.60. The van der Waals surface area contributed by atoms with Crippen molar-refractivity contribution in [2.24, 2.45) is 0 Å². The van der Waals surface area contributed by atoms with Crippen LogP contribution in [-0.2, 0) is 4.79 Å². The number of aryl methyl sites for hydroxylation is 2. The van der Waals surface area contributed by atoms with Gasteiger partial charge in [-0.3, -0.25) is 4.79 Å². The van der Waals surface area contributed by atoms with Gasteiger partial charge in [0.25, 0.3) is 0 Å². The predicted octanol–water partition coefficient (Wildman–Crippen LogP) is 1.54. The summed E-state index contributed by atoms with van der Waals surface area (Å²) in [5, 5.41) is 31.7. The molecule has 0 radical (unpaired) electrons. The van der Waals surface area contributed by atoms with Gasteiger partial charge in [0.05, 0.1) is 12.2 Å². The van der Waals surface area contributed by atoms with Gasteiger partial charge in [-0.1, -0.05) is 18.2 Å². The molecule has 1 rings (SSSR count). The van der Waals surface area contributed by atoms with Crippen molar-refractivity contribution in [1.29, 1.82) is 0 Å². The van der Waals surface area contributed by atoms with E-state index in [1.54, 1.807) is 6.92 Å². The Labute approximate surface area is 125 Å². The lowest BCUT2D eigenvalue weighted by Crippen LogP contribution is -2.39. The molecule has 5 nitrogen and oxygen atoms in total. The monoisotopic (exact) mass is 295 g/mol. The SMILES string of the molecule is Cc1ccc(C(O)C(CCC(=O)O)NCC(C)O)cc1C. The van der Waals surface area contributed by atoms with Gasteiger partial charge < -0.3 is 20.6 Å². The second-order valence-corrected chi connectivity index (χ2v) is 5.58. The third-order valence-electron chi connectivity index (χ3n) is 3.60. The molecule has 1 aromatic carbocycles. The first kappa shape index (κ1) is 17.6. The van der Waals surface area contributed by atoms with Crippen LogP contribution in [0.15, 0.2) is 18.2 Å². The number of aliphatic hydroxyl groups is 2. The van der Waals surface area contributed by atoms with E-state index < -0.39 is 24.2 Å². The van der Waals surface area contributed by atoms with Gasteiger partial charge in [0.2, 0.25) is 0 Å². The van der Waals surface area contributed by atoms with E-state index in [9.17, 15) is 15.0 Å². The molecule has 0 aliphatic rings.